The number of hydrogen-bond donors (Lipinski definition) is 3. The van der Waals surface area contributed by atoms with Crippen molar-refractivity contribution in [1.29, 1.82) is 0 Å². The first-order chi connectivity index (χ1) is 9.04. The lowest BCUT2D eigenvalue weighted by molar-refractivity contribution is -0.139. The maximum Gasteiger partial charge on any atom is 0.326 e. The second-order valence-electron chi connectivity index (χ2n) is 4.43. The number of hydrogen-bond acceptors (Lipinski definition) is 2. The fourth-order valence-electron chi connectivity index (χ4n) is 1.74. The Balaban J connectivity index is 2.47. The molecule has 0 saturated heterocycles. The van der Waals surface area contributed by atoms with E-state index in [-0.39, 0.29) is 0 Å². The van der Waals surface area contributed by atoms with E-state index in [1.807, 2.05) is 38.1 Å². The van der Waals surface area contributed by atoms with Crippen LogP contribution in [0.15, 0.2) is 24.3 Å². The summed E-state index contributed by atoms with van der Waals surface area (Å²) in [5.41, 5.74) is 2.10. The number of aryl methyl sites for hydroxylation is 1. The highest BCUT2D eigenvalue weighted by Gasteiger charge is 2.18. The van der Waals surface area contributed by atoms with Gasteiger partial charge in [-0.25, -0.2) is 9.59 Å². The van der Waals surface area contributed by atoms with E-state index in [4.69, 9.17) is 5.11 Å². The molecule has 3 N–H and O–H groups in total. The van der Waals surface area contributed by atoms with Gasteiger partial charge < -0.3 is 15.7 Å². The maximum absolute atomic E-state index is 11.6. The zero-order valence-electron chi connectivity index (χ0n) is 11.3. The highest BCUT2D eigenvalue weighted by Crippen LogP contribution is 2.06. The number of amides is 2. The van der Waals surface area contributed by atoms with Gasteiger partial charge in [-0.3, -0.25) is 0 Å². The van der Waals surface area contributed by atoms with Crippen LogP contribution in [0.5, 0.6) is 0 Å². The van der Waals surface area contributed by atoms with Gasteiger partial charge in [0.25, 0.3) is 0 Å². The Morgan fingerprint density at radius 2 is 2.00 bits per heavy atom. The van der Waals surface area contributed by atoms with E-state index in [1.54, 1.807) is 0 Å². The lowest BCUT2D eigenvalue weighted by Gasteiger charge is -2.14. The van der Waals surface area contributed by atoms with E-state index >= 15 is 0 Å². The first-order valence-electron chi connectivity index (χ1n) is 6.36. The van der Waals surface area contributed by atoms with Crippen LogP contribution in [0.25, 0.3) is 0 Å². The second-order valence-corrected chi connectivity index (χ2v) is 4.43. The van der Waals surface area contributed by atoms with E-state index in [1.165, 1.54) is 0 Å². The highest BCUT2D eigenvalue weighted by molar-refractivity contribution is 5.82. The summed E-state index contributed by atoms with van der Waals surface area (Å²) in [6.07, 6.45) is 1.13. The number of carbonyl (C=O) groups is 2. The Kier molecular flexibility index (Phi) is 5.85. The average molecular weight is 264 g/mol. The molecule has 0 bridgehead atoms. The molecule has 0 aliphatic heterocycles. The molecule has 2 amide bonds. The molecule has 0 saturated carbocycles. The SMILES string of the molecule is CCC[C@@H](NC(=O)NCc1ccccc1C)C(=O)O. The summed E-state index contributed by atoms with van der Waals surface area (Å²) in [7, 11) is 0. The lowest BCUT2D eigenvalue weighted by Crippen LogP contribution is -2.45. The van der Waals surface area contributed by atoms with Crippen LogP contribution in [0, 0.1) is 6.92 Å². The Labute approximate surface area is 113 Å². The number of nitrogens with one attached hydrogen (secondary N) is 2. The minimum absolute atomic E-state index is 0.386. The summed E-state index contributed by atoms with van der Waals surface area (Å²) < 4.78 is 0. The third-order valence-electron chi connectivity index (χ3n) is 2.88. The van der Waals surface area contributed by atoms with Crippen molar-refractivity contribution in [2.75, 3.05) is 0 Å². The zero-order chi connectivity index (χ0) is 14.3. The molecule has 104 valence electrons. The van der Waals surface area contributed by atoms with Crippen LogP contribution < -0.4 is 10.6 Å². The third kappa shape index (κ3) is 4.99. The van der Waals surface area contributed by atoms with Gasteiger partial charge in [0.2, 0.25) is 0 Å². The number of rotatable bonds is 6. The first kappa shape index (κ1) is 15.0. The number of carboxylic acid groups (broad SMARTS) is 1. The molecular weight excluding hydrogens is 244 g/mol. The number of carboxylic acids is 1. The van der Waals surface area contributed by atoms with Gasteiger partial charge >= 0.3 is 12.0 Å². The van der Waals surface area contributed by atoms with Crippen LogP contribution in [-0.2, 0) is 11.3 Å². The van der Waals surface area contributed by atoms with E-state index in [0.29, 0.717) is 19.4 Å². The summed E-state index contributed by atoms with van der Waals surface area (Å²) in [5.74, 6) is -1.01. The quantitative estimate of drug-likeness (QED) is 0.735. The van der Waals surface area contributed by atoms with Crippen molar-refractivity contribution in [1.82, 2.24) is 10.6 Å². The smallest absolute Gasteiger partial charge is 0.326 e. The molecule has 5 heteroatoms. The summed E-state index contributed by atoms with van der Waals surface area (Å²) in [6, 6.07) is 6.44. The van der Waals surface area contributed by atoms with Gasteiger partial charge in [0.1, 0.15) is 6.04 Å². The van der Waals surface area contributed by atoms with Crippen LogP contribution in [-0.4, -0.2) is 23.1 Å². The van der Waals surface area contributed by atoms with Gasteiger partial charge in [0.15, 0.2) is 0 Å². The van der Waals surface area contributed by atoms with E-state index in [9.17, 15) is 9.59 Å². The normalized spacial score (nSPS) is 11.7. The topological polar surface area (TPSA) is 78.4 Å². The number of urea groups is 1. The molecule has 0 aliphatic rings. The standard InChI is InChI=1S/C14H20N2O3/c1-3-6-12(13(17)18)16-14(19)15-9-11-8-5-4-7-10(11)2/h4-5,7-8,12H,3,6,9H2,1-2H3,(H,17,18)(H2,15,16,19)/t12-/m1/s1. The molecule has 0 aliphatic carbocycles. The van der Waals surface area contributed by atoms with Crippen molar-refractivity contribution in [2.24, 2.45) is 0 Å². The highest BCUT2D eigenvalue weighted by atomic mass is 16.4. The Morgan fingerprint density at radius 3 is 2.58 bits per heavy atom. The minimum atomic E-state index is -1.01. The molecule has 1 rings (SSSR count). The van der Waals surface area contributed by atoms with E-state index in [0.717, 1.165) is 11.1 Å². The molecule has 0 aromatic heterocycles. The third-order valence-corrected chi connectivity index (χ3v) is 2.88. The molecule has 0 fully saturated rings. The van der Waals surface area contributed by atoms with Gasteiger partial charge in [-0.05, 0) is 24.5 Å². The second kappa shape index (κ2) is 7.41. The molecule has 5 nitrogen and oxygen atoms in total. The summed E-state index contributed by atoms with van der Waals surface area (Å²) >= 11 is 0. The molecule has 0 heterocycles. The van der Waals surface area contributed by atoms with Gasteiger partial charge in [-0.2, -0.15) is 0 Å². The van der Waals surface area contributed by atoms with Gasteiger partial charge in [0.05, 0.1) is 0 Å². The summed E-state index contributed by atoms with van der Waals surface area (Å²) in [4.78, 5) is 22.5. The van der Waals surface area contributed by atoms with Crippen molar-refractivity contribution < 1.29 is 14.7 Å². The first-order valence-corrected chi connectivity index (χ1v) is 6.36. The van der Waals surface area contributed by atoms with Gasteiger partial charge in [-0.1, -0.05) is 37.6 Å². The van der Waals surface area contributed by atoms with Crippen LogP contribution >= 0.6 is 0 Å². The average Bonchev–Trinajstić information content (AvgIpc) is 2.37. The van der Waals surface area contributed by atoms with Crippen molar-refractivity contribution >= 4 is 12.0 Å². The Bertz CT molecular complexity index is 446. The number of carbonyl (C=O) groups excluding carboxylic acids is 1. The molecule has 19 heavy (non-hydrogen) atoms. The minimum Gasteiger partial charge on any atom is -0.480 e. The lowest BCUT2D eigenvalue weighted by atomic mass is 10.1. The van der Waals surface area contributed by atoms with Crippen molar-refractivity contribution in [2.45, 2.75) is 39.3 Å². The summed E-state index contributed by atoms with van der Waals surface area (Å²) in [6.45, 7) is 4.23. The van der Waals surface area contributed by atoms with Gasteiger partial charge in [0, 0.05) is 6.54 Å². The monoisotopic (exact) mass is 264 g/mol. The zero-order valence-corrected chi connectivity index (χ0v) is 11.3. The molecule has 0 spiro atoms. The van der Waals surface area contributed by atoms with Crippen molar-refractivity contribution in [3.8, 4) is 0 Å². The van der Waals surface area contributed by atoms with E-state index < -0.39 is 18.0 Å². The molecule has 1 atom stereocenters. The van der Waals surface area contributed by atoms with Crippen LogP contribution in [0.2, 0.25) is 0 Å². The summed E-state index contributed by atoms with van der Waals surface area (Å²) in [5, 5.41) is 14.1. The number of benzene rings is 1. The predicted octanol–water partition coefficient (Wildman–Crippen LogP) is 2.05. The van der Waals surface area contributed by atoms with E-state index in [2.05, 4.69) is 10.6 Å². The number of aliphatic carboxylic acids is 1. The van der Waals surface area contributed by atoms with Crippen LogP contribution in [0.4, 0.5) is 4.79 Å². The Morgan fingerprint density at radius 1 is 1.32 bits per heavy atom. The molecule has 1 aromatic rings. The fraction of sp³-hybridized carbons (Fsp3) is 0.429. The molecular formula is C14H20N2O3. The van der Waals surface area contributed by atoms with Crippen LogP contribution in [0.3, 0.4) is 0 Å². The fourth-order valence-corrected chi connectivity index (χ4v) is 1.74. The van der Waals surface area contributed by atoms with Crippen molar-refractivity contribution in [3.05, 3.63) is 35.4 Å². The predicted molar refractivity (Wildman–Crippen MR) is 72.9 cm³/mol. The molecule has 0 radical (unpaired) electrons. The Hall–Kier alpha value is -2.04. The van der Waals surface area contributed by atoms with Crippen molar-refractivity contribution in [3.63, 3.8) is 0 Å². The van der Waals surface area contributed by atoms with Gasteiger partial charge in [-0.15, -0.1) is 0 Å². The largest absolute Gasteiger partial charge is 0.480 e. The van der Waals surface area contributed by atoms with Crippen LogP contribution in [0.1, 0.15) is 30.9 Å². The maximum atomic E-state index is 11.6. The molecule has 1 aromatic carbocycles. The molecule has 0 unspecified atom stereocenters.